The molecule has 12 heteroatoms. The van der Waals surface area contributed by atoms with E-state index in [1.54, 1.807) is 42.5 Å². The number of aryl methyl sites for hydroxylation is 1. The van der Waals surface area contributed by atoms with Crippen molar-refractivity contribution in [1.82, 2.24) is 5.43 Å². The van der Waals surface area contributed by atoms with Gasteiger partial charge in [0, 0.05) is 36.4 Å². The van der Waals surface area contributed by atoms with Crippen LogP contribution in [-0.4, -0.2) is 24.0 Å². The number of nitrogens with one attached hydrogen (secondary N) is 2. The summed E-state index contributed by atoms with van der Waals surface area (Å²) in [7, 11) is 0. The summed E-state index contributed by atoms with van der Waals surface area (Å²) < 4.78 is 7.16. The molecule has 216 valence electrons. The summed E-state index contributed by atoms with van der Waals surface area (Å²) in [5.41, 5.74) is 4.89. The number of esters is 1. The summed E-state index contributed by atoms with van der Waals surface area (Å²) in [5.74, 6) is -1.31. The Labute approximate surface area is 273 Å². The predicted octanol–water partition coefficient (Wildman–Crippen LogP) is 9.17. The number of benzene rings is 4. The standard InChI is InChI=1S/C31H19BrCl3N3O4S/c1-16-2-9-23-26(12-16)43-28(27(23)35)30(40)37-21-7-3-17(4-8-21)29(39)38-36-15-18-13-19(32)5-11-25(18)42-31(41)22-10-6-20(33)14-24(22)34/h2-15H,1H3,(H,37,40)(H,38,39)/b36-15-. The van der Waals surface area contributed by atoms with Crippen LogP contribution < -0.4 is 15.5 Å². The Morgan fingerprint density at radius 2 is 1.67 bits per heavy atom. The molecule has 0 aliphatic heterocycles. The number of hydrogen-bond acceptors (Lipinski definition) is 6. The zero-order valence-corrected chi connectivity index (χ0v) is 26.8. The average Bonchev–Trinajstić information content (AvgIpc) is 3.29. The van der Waals surface area contributed by atoms with Gasteiger partial charge in [0.15, 0.2) is 0 Å². The van der Waals surface area contributed by atoms with Crippen molar-refractivity contribution in [3.8, 4) is 5.75 Å². The smallest absolute Gasteiger partial charge is 0.345 e. The minimum absolute atomic E-state index is 0.145. The highest BCUT2D eigenvalue weighted by molar-refractivity contribution is 9.10. The largest absolute Gasteiger partial charge is 0.422 e. The number of carbonyl (C=O) groups is 3. The third-order valence-corrected chi connectivity index (χ3v) is 8.79. The van der Waals surface area contributed by atoms with Crippen molar-refractivity contribution in [2.24, 2.45) is 5.10 Å². The van der Waals surface area contributed by atoms with E-state index in [4.69, 9.17) is 39.5 Å². The van der Waals surface area contributed by atoms with Crippen LogP contribution in [0.25, 0.3) is 10.1 Å². The molecule has 0 fully saturated rings. The zero-order valence-electron chi connectivity index (χ0n) is 22.1. The first-order valence-electron chi connectivity index (χ1n) is 12.5. The molecule has 0 atom stereocenters. The van der Waals surface area contributed by atoms with E-state index >= 15 is 0 Å². The molecule has 43 heavy (non-hydrogen) atoms. The normalized spacial score (nSPS) is 11.1. The lowest BCUT2D eigenvalue weighted by Crippen LogP contribution is -2.18. The van der Waals surface area contributed by atoms with Crippen molar-refractivity contribution in [3.63, 3.8) is 0 Å². The van der Waals surface area contributed by atoms with Crippen LogP contribution in [0.15, 0.2) is 88.4 Å². The molecule has 0 unspecified atom stereocenters. The summed E-state index contributed by atoms with van der Waals surface area (Å²) in [6.45, 7) is 1.98. The Morgan fingerprint density at radius 1 is 0.907 bits per heavy atom. The van der Waals surface area contributed by atoms with Crippen LogP contribution in [0, 0.1) is 6.92 Å². The lowest BCUT2D eigenvalue weighted by Gasteiger charge is -2.09. The number of anilines is 1. The predicted molar refractivity (Wildman–Crippen MR) is 177 cm³/mol. The number of thiophene rings is 1. The van der Waals surface area contributed by atoms with Gasteiger partial charge in [-0.25, -0.2) is 10.2 Å². The van der Waals surface area contributed by atoms with Crippen molar-refractivity contribution in [2.75, 3.05) is 5.32 Å². The van der Waals surface area contributed by atoms with Gasteiger partial charge in [-0.1, -0.05) is 62.9 Å². The molecule has 0 spiro atoms. The lowest BCUT2D eigenvalue weighted by atomic mass is 10.2. The SMILES string of the molecule is Cc1ccc2c(Cl)c(C(=O)Nc3ccc(C(=O)N/N=C\c4cc(Br)ccc4OC(=O)c4ccc(Cl)cc4Cl)cc3)sc2c1. The Morgan fingerprint density at radius 3 is 2.42 bits per heavy atom. The zero-order chi connectivity index (χ0) is 30.7. The van der Waals surface area contributed by atoms with Crippen molar-refractivity contribution in [3.05, 3.63) is 126 Å². The molecule has 0 aliphatic rings. The van der Waals surface area contributed by atoms with E-state index in [-0.39, 0.29) is 22.2 Å². The summed E-state index contributed by atoms with van der Waals surface area (Å²) >= 11 is 23.2. The minimum atomic E-state index is -0.681. The van der Waals surface area contributed by atoms with E-state index in [0.29, 0.717) is 36.2 Å². The number of hydrogen-bond donors (Lipinski definition) is 2. The number of nitrogens with zero attached hydrogens (tertiary/aromatic N) is 1. The maximum absolute atomic E-state index is 12.9. The molecule has 5 aromatic rings. The van der Waals surface area contributed by atoms with Gasteiger partial charge in [0.05, 0.1) is 21.8 Å². The number of hydrazone groups is 1. The molecule has 5 rings (SSSR count). The van der Waals surface area contributed by atoms with Crippen molar-refractivity contribution in [2.45, 2.75) is 6.92 Å². The molecule has 7 nitrogen and oxygen atoms in total. The van der Waals surface area contributed by atoms with Crippen LogP contribution in [0.3, 0.4) is 0 Å². The Bertz CT molecular complexity index is 1930. The summed E-state index contributed by atoms with van der Waals surface area (Å²) in [6.07, 6.45) is 1.35. The maximum Gasteiger partial charge on any atom is 0.345 e. The van der Waals surface area contributed by atoms with E-state index in [2.05, 4.69) is 31.8 Å². The van der Waals surface area contributed by atoms with Gasteiger partial charge >= 0.3 is 5.97 Å². The Balaban J connectivity index is 1.23. The lowest BCUT2D eigenvalue weighted by molar-refractivity contribution is 0.0734. The first-order valence-corrected chi connectivity index (χ1v) is 15.2. The fourth-order valence-corrected chi connectivity index (χ4v) is 6.33. The first kappa shape index (κ1) is 30.7. The second-order valence-corrected chi connectivity index (χ2v) is 12.4. The number of halogens is 4. The minimum Gasteiger partial charge on any atom is -0.422 e. The maximum atomic E-state index is 12.9. The van der Waals surface area contributed by atoms with Gasteiger partial charge in [0.25, 0.3) is 11.8 Å². The van der Waals surface area contributed by atoms with E-state index < -0.39 is 11.9 Å². The van der Waals surface area contributed by atoms with Gasteiger partial charge in [-0.05, 0) is 79.2 Å². The van der Waals surface area contributed by atoms with Crippen molar-refractivity contribution >= 4 is 102 Å². The van der Waals surface area contributed by atoms with Gasteiger partial charge in [-0.15, -0.1) is 11.3 Å². The molecule has 2 N–H and O–H groups in total. The molecule has 0 radical (unpaired) electrons. The number of fused-ring (bicyclic) bond motifs is 1. The molecular weight excluding hydrogens is 697 g/mol. The quantitative estimate of drug-likeness (QED) is 0.0761. The van der Waals surface area contributed by atoms with Crippen molar-refractivity contribution in [1.29, 1.82) is 0 Å². The molecule has 1 aromatic heterocycles. The van der Waals surface area contributed by atoms with E-state index in [1.165, 1.54) is 35.8 Å². The molecule has 2 amide bonds. The van der Waals surface area contributed by atoms with Crippen LogP contribution >= 0.6 is 62.1 Å². The van der Waals surface area contributed by atoms with E-state index in [0.717, 1.165) is 15.6 Å². The number of rotatable bonds is 7. The summed E-state index contributed by atoms with van der Waals surface area (Å²) in [5, 5.41) is 8.61. The number of carbonyl (C=O) groups excluding carboxylic acids is 3. The molecule has 0 bridgehead atoms. The fourth-order valence-electron chi connectivity index (χ4n) is 3.96. The van der Waals surface area contributed by atoms with Gasteiger partial charge in [0.2, 0.25) is 0 Å². The van der Waals surface area contributed by atoms with Gasteiger partial charge in [-0.2, -0.15) is 5.10 Å². The molecule has 0 saturated carbocycles. The van der Waals surface area contributed by atoms with Gasteiger partial charge < -0.3 is 10.1 Å². The van der Waals surface area contributed by atoms with Crippen LogP contribution in [0.4, 0.5) is 5.69 Å². The molecule has 0 aliphatic carbocycles. The van der Waals surface area contributed by atoms with Crippen LogP contribution in [0.5, 0.6) is 5.75 Å². The summed E-state index contributed by atoms with van der Waals surface area (Å²) in [6, 6.07) is 21.5. The van der Waals surface area contributed by atoms with Gasteiger partial charge in [0.1, 0.15) is 10.6 Å². The third kappa shape index (κ3) is 7.26. The number of amides is 2. The third-order valence-electron chi connectivity index (χ3n) is 6.09. The first-order chi connectivity index (χ1) is 20.6. The van der Waals surface area contributed by atoms with E-state index in [1.807, 2.05) is 25.1 Å². The highest BCUT2D eigenvalue weighted by atomic mass is 79.9. The monoisotopic (exact) mass is 713 g/mol. The van der Waals surface area contributed by atoms with Gasteiger partial charge in [-0.3, -0.25) is 9.59 Å². The average molecular weight is 716 g/mol. The second kappa shape index (κ2) is 13.3. The molecule has 4 aromatic carbocycles. The Kier molecular flexibility index (Phi) is 9.49. The van der Waals surface area contributed by atoms with Crippen LogP contribution in [0.1, 0.15) is 41.5 Å². The highest BCUT2D eigenvalue weighted by Gasteiger charge is 2.18. The Hall–Kier alpha value is -3.73. The van der Waals surface area contributed by atoms with E-state index in [9.17, 15) is 14.4 Å². The summed E-state index contributed by atoms with van der Waals surface area (Å²) in [4.78, 5) is 38.7. The molecular formula is C31H19BrCl3N3O4S. The molecule has 1 heterocycles. The van der Waals surface area contributed by atoms with Crippen molar-refractivity contribution < 1.29 is 19.1 Å². The van der Waals surface area contributed by atoms with Crippen LogP contribution in [-0.2, 0) is 0 Å². The topological polar surface area (TPSA) is 96.9 Å². The fraction of sp³-hybridized carbons (Fsp3) is 0.0323. The number of ether oxygens (including phenoxy) is 1. The van der Waals surface area contributed by atoms with Crippen LogP contribution in [0.2, 0.25) is 15.1 Å². The second-order valence-electron chi connectivity index (χ2n) is 9.17. The molecule has 0 saturated heterocycles. The highest BCUT2D eigenvalue weighted by Crippen LogP contribution is 2.36.